The van der Waals surface area contributed by atoms with E-state index in [1.54, 1.807) is 12.5 Å². The first-order chi connectivity index (χ1) is 8.67. The van der Waals surface area contributed by atoms with Crippen LogP contribution in [0.3, 0.4) is 0 Å². The number of amides is 1. The fourth-order valence-electron chi connectivity index (χ4n) is 1.76. The maximum absolute atomic E-state index is 11.8. The summed E-state index contributed by atoms with van der Waals surface area (Å²) >= 11 is 0. The first-order valence-corrected chi connectivity index (χ1v) is 5.87. The molecular weight excluding hydrogens is 228 g/mol. The zero-order valence-electron chi connectivity index (χ0n) is 9.81. The van der Waals surface area contributed by atoms with Crippen molar-refractivity contribution in [3.63, 3.8) is 0 Å². The number of hydrogen-bond donors (Lipinski definition) is 3. The molecule has 92 valence electrons. The van der Waals surface area contributed by atoms with Crippen molar-refractivity contribution in [2.24, 2.45) is 5.73 Å². The van der Waals surface area contributed by atoms with Crippen LogP contribution in [-0.2, 0) is 4.79 Å². The van der Waals surface area contributed by atoms with Gasteiger partial charge < -0.3 is 16.0 Å². The molecule has 1 aliphatic rings. The summed E-state index contributed by atoms with van der Waals surface area (Å²) in [4.78, 5) is 18.8. The van der Waals surface area contributed by atoms with E-state index in [4.69, 9.17) is 5.73 Å². The van der Waals surface area contributed by atoms with Crippen molar-refractivity contribution < 1.29 is 4.79 Å². The van der Waals surface area contributed by atoms with Crippen LogP contribution in [-0.4, -0.2) is 21.4 Å². The molecule has 1 heterocycles. The highest BCUT2D eigenvalue weighted by Gasteiger charge is 2.45. The van der Waals surface area contributed by atoms with Crippen LogP contribution >= 0.6 is 0 Å². The van der Waals surface area contributed by atoms with Crippen molar-refractivity contribution in [2.45, 2.75) is 18.4 Å². The Morgan fingerprint density at radius 3 is 2.61 bits per heavy atom. The van der Waals surface area contributed by atoms with E-state index >= 15 is 0 Å². The largest absolute Gasteiger partial charge is 0.345 e. The predicted octanol–water partition coefficient (Wildman–Crippen LogP) is 1.51. The summed E-state index contributed by atoms with van der Waals surface area (Å²) in [6.45, 7) is 0. The van der Waals surface area contributed by atoms with Crippen molar-refractivity contribution in [3.05, 3.63) is 36.8 Å². The third-order valence-corrected chi connectivity index (χ3v) is 3.19. The van der Waals surface area contributed by atoms with Crippen LogP contribution in [0.4, 0.5) is 5.69 Å². The lowest BCUT2D eigenvalue weighted by Crippen LogP contribution is -2.37. The number of H-pyrrole nitrogens is 1. The topological polar surface area (TPSA) is 83.8 Å². The minimum atomic E-state index is -0.637. The zero-order valence-corrected chi connectivity index (χ0v) is 9.81. The molecule has 0 aliphatic heterocycles. The Bertz CT molecular complexity index is 555. The highest BCUT2D eigenvalue weighted by molar-refractivity contribution is 6.00. The Balaban J connectivity index is 1.73. The Hall–Kier alpha value is -2.14. The lowest BCUT2D eigenvalue weighted by Gasteiger charge is -2.10. The SMILES string of the molecule is NC1(C(=O)Nc2ccc(-c3cnc[nH]3)cc2)CC1. The molecule has 0 saturated heterocycles. The third kappa shape index (κ3) is 2.00. The number of carbonyl (C=O) groups excluding carboxylic acids is 1. The molecule has 5 nitrogen and oxygen atoms in total. The smallest absolute Gasteiger partial charge is 0.244 e. The molecule has 4 N–H and O–H groups in total. The van der Waals surface area contributed by atoms with E-state index in [0.29, 0.717) is 0 Å². The van der Waals surface area contributed by atoms with Gasteiger partial charge in [0.05, 0.1) is 23.8 Å². The zero-order chi connectivity index (χ0) is 12.6. The molecule has 0 bridgehead atoms. The van der Waals surface area contributed by atoms with Crippen molar-refractivity contribution in [1.29, 1.82) is 0 Å². The van der Waals surface area contributed by atoms with Crippen molar-refractivity contribution >= 4 is 11.6 Å². The summed E-state index contributed by atoms with van der Waals surface area (Å²) in [5, 5.41) is 2.83. The van der Waals surface area contributed by atoms with E-state index in [2.05, 4.69) is 15.3 Å². The second-order valence-electron chi connectivity index (χ2n) is 4.65. The molecule has 1 amide bonds. The molecule has 3 rings (SSSR count). The lowest BCUT2D eigenvalue weighted by molar-refractivity contribution is -0.118. The van der Waals surface area contributed by atoms with Crippen molar-refractivity contribution in [3.8, 4) is 11.3 Å². The molecule has 0 atom stereocenters. The second kappa shape index (κ2) is 3.96. The highest BCUT2D eigenvalue weighted by Crippen LogP contribution is 2.33. The second-order valence-corrected chi connectivity index (χ2v) is 4.65. The summed E-state index contributed by atoms with van der Waals surface area (Å²) in [5.74, 6) is -0.100. The standard InChI is InChI=1S/C13H14N4O/c14-13(5-6-13)12(18)17-10-3-1-9(2-4-10)11-7-15-8-16-11/h1-4,7-8H,5-6,14H2,(H,15,16)(H,17,18). The minimum Gasteiger partial charge on any atom is -0.345 e. The van der Waals surface area contributed by atoms with Gasteiger partial charge in [0.2, 0.25) is 5.91 Å². The van der Waals surface area contributed by atoms with Crippen LogP contribution in [0.5, 0.6) is 0 Å². The van der Waals surface area contributed by atoms with E-state index in [1.165, 1.54) is 0 Å². The number of nitrogens with zero attached hydrogens (tertiary/aromatic N) is 1. The first-order valence-electron chi connectivity index (χ1n) is 5.87. The van der Waals surface area contributed by atoms with Crippen molar-refractivity contribution in [1.82, 2.24) is 9.97 Å². The Morgan fingerprint density at radius 2 is 2.06 bits per heavy atom. The van der Waals surface area contributed by atoms with E-state index in [-0.39, 0.29) is 5.91 Å². The molecule has 5 heteroatoms. The first kappa shape index (κ1) is 11.0. The van der Waals surface area contributed by atoms with Gasteiger partial charge in [0.1, 0.15) is 0 Å². The predicted molar refractivity (Wildman–Crippen MR) is 68.8 cm³/mol. The lowest BCUT2D eigenvalue weighted by atomic mass is 10.1. The van der Waals surface area contributed by atoms with Crippen LogP contribution in [0, 0.1) is 0 Å². The maximum atomic E-state index is 11.8. The summed E-state index contributed by atoms with van der Waals surface area (Å²) in [6.07, 6.45) is 4.93. The fourth-order valence-corrected chi connectivity index (χ4v) is 1.76. The van der Waals surface area contributed by atoms with Gasteiger partial charge in [0, 0.05) is 5.69 Å². The number of nitrogens with one attached hydrogen (secondary N) is 2. The molecule has 18 heavy (non-hydrogen) atoms. The third-order valence-electron chi connectivity index (χ3n) is 3.19. The average Bonchev–Trinajstić information content (AvgIpc) is 2.94. The van der Waals surface area contributed by atoms with Gasteiger partial charge in [-0.05, 0) is 30.5 Å². The Kier molecular flexibility index (Phi) is 2.41. The van der Waals surface area contributed by atoms with Gasteiger partial charge in [-0.2, -0.15) is 0 Å². The number of aromatic amines is 1. The number of nitrogens with two attached hydrogens (primary N) is 1. The van der Waals surface area contributed by atoms with Crippen molar-refractivity contribution in [2.75, 3.05) is 5.32 Å². The number of carbonyl (C=O) groups is 1. The molecular formula is C13H14N4O. The molecule has 0 spiro atoms. The average molecular weight is 242 g/mol. The number of aromatic nitrogens is 2. The Morgan fingerprint density at radius 1 is 1.33 bits per heavy atom. The van der Waals surface area contributed by atoms with Gasteiger partial charge in [-0.25, -0.2) is 4.98 Å². The molecule has 2 aromatic rings. The minimum absolute atomic E-state index is 0.100. The van der Waals surface area contributed by atoms with Crippen LogP contribution in [0.1, 0.15) is 12.8 Å². The molecule has 0 radical (unpaired) electrons. The normalized spacial score (nSPS) is 16.3. The maximum Gasteiger partial charge on any atom is 0.244 e. The number of benzene rings is 1. The molecule has 1 aromatic heterocycles. The Labute approximate surface area is 104 Å². The summed E-state index contributed by atoms with van der Waals surface area (Å²) in [7, 11) is 0. The number of hydrogen-bond acceptors (Lipinski definition) is 3. The van der Waals surface area contributed by atoms with E-state index in [9.17, 15) is 4.79 Å². The monoisotopic (exact) mass is 242 g/mol. The highest BCUT2D eigenvalue weighted by atomic mass is 16.2. The van der Waals surface area contributed by atoms with Gasteiger partial charge in [-0.3, -0.25) is 4.79 Å². The quantitative estimate of drug-likeness (QED) is 0.762. The number of imidazole rings is 1. The molecule has 1 saturated carbocycles. The fraction of sp³-hybridized carbons (Fsp3) is 0.231. The van der Waals surface area contributed by atoms with E-state index < -0.39 is 5.54 Å². The van der Waals surface area contributed by atoms with Gasteiger partial charge in [0.15, 0.2) is 0 Å². The van der Waals surface area contributed by atoms with Gasteiger partial charge in [0.25, 0.3) is 0 Å². The van der Waals surface area contributed by atoms with Gasteiger partial charge in [-0.15, -0.1) is 0 Å². The summed E-state index contributed by atoms with van der Waals surface area (Å²) in [6, 6.07) is 7.58. The molecule has 1 fully saturated rings. The molecule has 0 unspecified atom stereocenters. The number of anilines is 1. The number of rotatable bonds is 3. The van der Waals surface area contributed by atoms with Gasteiger partial charge >= 0.3 is 0 Å². The van der Waals surface area contributed by atoms with E-state index in [1.807, 2.05) is 24.3 Å². The summed E-state index contributed by atoms with van der Waals surface area (Å²) in [5.41, 5.74) is 7.92. The molecule has 1 aliphatic carbocycles. The van der Waals surface area contributed by atoms with E-state index in [0.717, 1.165) is 29.8 Å². The molecule has 1 aromatic carbocycles. The van der Waals surface area contributed by atoms with Crippen LogP contribution in [0.2, 0.25) is 0 Å². The van der Waals surface area contributed by atoms with Crippen LogP contribution in [0.15, 0.2) is 36.8 Å². The van der Waals surface area contributed by atoms with Gasteiger partial charge in [-0.1, -0.05) is 12.1 Å². The summed E-state index contributed by atoms with van der Waals surface area (Å²) < 4.78 is 0. The van der Waals surface area contributed by atoms with Crippen LogP contribution < -0.4 is 11.1 Å². The van der Waals surface area contributed by atoms with Crippen LogP contribution in [0.25, 0.3) is 11.3 Å².